The monoisotopic (exact) mass is 311 g/mol. The van der Waals surface area contributed by atoms with Gasteiger partial charge in [0.1, 0.15) is 0 Å². The number of hydrogen-bond donors (Lipinski definition) is 1. The maximum absolute atomic E-state index is 11.9. The van der Waals surface area contributed by atoms with Crippen LogP contribution in [0.25, 0.3) is 33.2 Å². The van der Waals surface area contributed by atoms with Gasteiger partial charge in [0.15, 0.2) is 0 Å². The van der Waals surface area contributed by atoms with Crippen LogP contribution in [0.15, 0.2) is 83.7 Å². The normalized spacial score (nSPS) is 10.9. The second-order valence-electron chi connectivity index (χ2n) is 6.04. The number of fused-ring (bicyclic) bond motifs is 1. The molecule has 0 radical (unpaired) electrons. The van der Waals surface area contributed by atoms with Crippen molar-refractivity contribution in [2.45, 2.75) is 6.92 Å². The van der Waals surface area contributed by atoms with E-state index in [9.17, 15) is 4.79 Å². The minimum atomic E-state index is -0.0775. The molecule has 0 saturated carbocycles. The van der Waals surface area contributed by atoms with E-state index in [4.69, 9.17) is 0 Å². The molecule has 1 N–H and O–H groups in total. The lowest BCUT2D eigenvalue weighted by atomic mass is 9.98. The second-order valence-corrected chi connectivity index (χ2v) is 6.04. The van der Waals surface area contributed by atoms with E-state index in [2.05, 4.69) is 60.4 Å². The quantitative estimate of drug-likeness (QED) is 0.544. The topological polar surface area (TPSA) is 32.9 Å². The molecule has 0 fully saturated rings. The van der Waals surface area contributed by atoms with Crippen LogP contribution >= 0.6 is 0 Å². The average Bonchev–Trinajstić information content (AvgIpc) is 2.62. The number of para-hydroxylation sites is 1. The highest BCUT2D eigenvalue weighted by molar-refractivity contribution is 5.94. The van der Waals surface area contributed by atoms with E-state index in [0.29, 0.717) is 0 Å². The summed E-state index contributed by atoms with van der Waals surface area (Å²) in [5.74, 6) is 0. The number of aromatic amines is 1. The predicted molar refractivity (Wildman–Crippen MR) is 100 cm³/mol. The maximum Gasteiger partial charge on any atom is 0.249 e. The van der Waals surface area contributed by atoms with Crippen molar-refractivity contribution in [3.05, 3.63) is 94.8 Å². The molecule has 1 heterocycles. The second kappa shape index (κ2) is 5.82. The van der Waals surface area contributed by atoms with Crippen molar-refractivity contribution in [1.82, 2.24) is 4.98 Å². The molecule has 3 aromatic carbocycles. The van der Waals surface area contributed by atoms with E-state index in [1.54, 1.807) is 6.07 Å². The molecular weight excluding hydrogens is 294 g/mol. The van der Waals surface area contributed by atoms with Crippen LogP contribution in [0.2, 0.25) is 0 Å². The fraction of sp³-hybridized carbons (Fsp3) is 0.0455. The van der Waals surface area contributed by atoms with Crippen molar-refractivity contribution in [2.75, 3.05) is 0 Å². The lowest BCUT2D eigenvalue weighted by Gasteiger charge is -2.08. The third kappa shape index (κ3) is 2.63. The fourth-order valence-electron chi connectivity index (χ4n) is 3.03. The van der Waals surface area contributed by atoms with Gasteiger partial charge in [0.05, 0.1) is 0 Å². The Morgan fingerprint density at radius 3 is 2.00 bits per heavy atom. The van der Waals surface area contributed by atoms with Gasteiger partial charge >= 0.3 is 0 Å². The summed E-state index contributed by atoms with van der Waals surface area (Å²) in [4.78, 5) is 14.8. The zero-order valence-electron chi connectivity index (χ0n) is 13.4. The van der Waals surface area contributed by atoms with Gasteiger partial charge in [0.25, 0.3) is 0 Å². The van der Waals surface area contributed by atoms with Gasteiger partial charge < -0.3 is 4.98 Å². The SMILES string of the molecule is Cc1ccc(-c2ccc(-c3cc(=O)[nH]c4ccccc34)cc2)cc1. The third-order valence-electron chi connectivity index (χ3n) is 4.33. The summed E-state index contributed by atoms with van der Waals surface area (Å²) in [6.07, 6.45) is 0. The highest BCUT2D eigenvalue weighted by Gasteiger charge is 2.06. The van der Waals surface area contributed by atoms with Gasteiger partial charge in [-0.05, 0) is 35.2 Å². The van der Waals surface area contributed by atoms with Crippen molar-refractivity contribution in [3.63, 3.8) is 0 Å². The van der Waals surface area contributed by atoms with Crippen LogP contribution < -0.4 is 5.56 Å². The van der Waals surface area contributed by atoms with Crippen molar-refractivity contribution in [1.29, 1.82) is 0 Å². The third-order valence-corrected chi connectivity index (χ3v) is 4.33. The Morgan fingerprint density at radius 1 is 0.708 bits per heavy atom. The number of benzene rings is 3. The number of hydrogen-bond acceptors (Lipinski definition) is 1. The number of pyridine rings is 1. The van der Waals surface area contributed by atoms with E-state index in [0.717, 1.165) is 22.0 Å². The van der Waals surface area contributed by atoms with E-state index in [1.807, 2.05) is 24.3 Å². The molecule has 1 aromatic heterocycles. The highest BCUT2D eigenvalue weighted by Crippen LogP contribution is 2.28. The van der Waals surface area contributed by atoms with Crippen LogP contribution in [0.1, 0.15) is 5.56 Å². The standard InChI is InChI=1S/C22H17NO/c1-15-6-8-16(9-7-15)17-10-12-18(13-11-17)20-14-22(24)23-21-5-3-2-4-19(20)21/h2-14H,1H3,(H,23,24). The summed E-state index contributed by atoms with van der Waals surface area (Å²) >= 11 is 0. The summed E-state index contributed by atoms with van der Waals surface area (Å²) in [5, 5.41) is 1.06. The minimum Gasteiger partial charge on any atom is -0.322 e. The number of H-pyrrole nitrogens is 1. The number of rotatable bonds is 2. The van der Waals surface area contributed by atoms with Gasteiger partial charge in [-0.15, -0.1) is 0 Å². The summed E-state index contributed by atoms with van der Waals surface area (Å²) in [6.45, 7) is 2.09. The molecule has 0 spiro atoms. The largest absolute Gasteiger partial charge is 0.322 e. The van der Waals surface area contributed by atoms with Gasteiger partial charge in [0.2, 0.25) is 5.56 Å². The molecule has 116 valence electrons. The Hall–Kier alpha value is -3.13. The van der Waals surface area contributed by atoms with E-state index < -0.39 is 0 Å². The molecule has 0 unspecified atom stereocenters. The van der Waals surface area contributed by atoms with Gasteiger partial charge in [-0.1, -0.05) is 72.3 Å². The molecule has 24 heavy (non-hydrogen) atoms. The highest BCUT2D eigenvalue weighted by atomic mass is 16.1. The molecule has 0 amide bonds. The van der Waals surface area contributed by atoms with Crippen molar-refractivity contribution >= 4 is 10.9 Å². The van der Waals surface area contributed by atoms with Crippen molar-refractivity contribution in [2.24, 2.45) is 0 Å². The molecule has 4 rings (SSSR count). The van der Waals surface area contributed by atoms with E-state index in [-0.39, 0.29) is 5.56 Å². The first-order valence-electron chi connectivity index (χ1n) is 8.00. The number of aryl methyl sites for hydroxylation is 1. The summed E-state index contributed by atoms with van der Waals surface area (Å²) in [5.41, 5.74) is 6.42. The van der Waals surface area contributed by atoms with Crippen LogP contribution in [0.5, 0.6) is 0 Å². The Kier molecular flexibility index (Phi) is 3.51. The smallest absolute Gasteiger partial charge is 0.249 e. The van der Waals surface area contributed by atoms with Crippen LogP contribution in [-0.2, 0) is 0 Å². The first-order chi connectivity index (χ1) is 11.7. The fourth-order valence-corrected chi connectivity index (χ4v) is 3.03. The summed E-state index contributed by atoms with van der Waals surface area (Å²) < 4.78 is 0. The van der Waals surface area contributed by atoms with Crippen LogP contribution in [0, 0.1) is 6.92 Å². The Bertz CT molecular complexity index is 1060. The Morgan fingerprint density at radius 2 is 1.29 bits per heavy atom. The lowest BCUT2D eigenvalue weighted by molar-refractivity contribution is 1.31. The van der Waals surface area contributed by atoms with Crippen LogP contribution in [-0.4, -0.2) is 4.98 Å². The average molecular weight is 311 g/mol. The molecule has 0 aliphatic rings. The molecule has 0 bridgehead atoms. The molecule has 0 aliphatic carbocycles. The molecule has 0 aliphatic heterocycles. The lowest BCUT2D eigenvalue weighted by Crippen LogP contribution is -2.04. The zero-order chi connectivity index (χ0) is 16.5. The summed E-state index contributed by atoms with van der Waals surface area (Å²) in [6, 6.07) is 26.4. The van der Waals surface area contributed by atoms with Crippen LogP contribution in [0.3, 0.4) is 0 Å². The van der Waals surface area contributed by atoms with Gasteiger partial charge in [0, 0.05) is 17.0 Å². The first kappa shape index (κ1) is 14.5. The van der Waals surface area contributed by atoms with E-state index >= 15 is 0 Å². The Labute approximate surface area is 140 Å². The van der Waals surface area contributed by atoms with Crippen molar-refractivity contribution < 1.29 is 0 Å². The van der Waals surface area contributed by atoms with Crippen LogP contribution in [0.4, 0.5) is 0 Å². The van der Waals surface area contributed by atoms with E-state index in [1.165, 1.54) is 16.7 Å². The molecule has 0 atom stereocenters. The molecule has 4 aromatic rings. The van der Waals surface area contributed by atoms with Gasteiger partial charge in [-0.2, -0.15) is 0 Å². The molecule has 0 saturated heterocycles. The summed E-state index contributed by atoms with van der Waals surface area (Å²) in [7, 11) is 0. The van der Waals surface area contributed by atoms with Gasteiger partial charge in [-0.25, -0.2) is 0 Å². The molecule has 2 nitrogen and oxygen atoms in total. The zero-order valence-corrected chi connectivity index (χ0v) is 13.4. The first-order valence-corrected chi connectivity index (χ1v) is 8.00. The number of nitrogens with one attached hydrogen (secondary N) is 1. The minimum absolute atomic E-state index is 0.0775. The Balaban J connectivity index is 1.81. The number of aromatic nitrogens is 1. The van der Waals surface area contributed by atoms with Crippen molar-refractivity contribution in [3.8, 4) is 22.3 Å². The van der Waals surface area contributed by atoms with Gasteiger partial charge in [-0.3, -0.25) is 4.79 Å². The molecule has 2 heteroatoms. The molecular formula is C22H17NO. The maximum atomic E-state index is 11.9. The predicted octanol–water partition coefficient (Wildman–Crippen LogP) is 5.17.